The highest BCUT2D eigenvalue weighted by atomic mass is 32.2. The summed E-state index contributed by atoms with van der Waals surface area (Å²) in [5.41, 5.74) is 7.31. The van der Waals surface area contributed by atoms with Crippen LogP contribution in [0, 0.1) is 0 Å². The SMILES string of the molecule is CCOc1ccccc1C(N)CSc1cnn(C)c1. The van der Waals surface area contributed by atoms with Gasteiger partial charge in [0.15, 0.2) is 0 Å². The first-order chi connectivity index (χ1) is 9.20. The maximum absolute atomic E-state index is 6.25. The van der Waals surface area contributed by atoms with Gasteiger partial charge in [-0.2, -0.15) is 5.10 Å². The molecule has 1 aromatic carbocycles. The first kappa shape index (κ1) is 14.0. The Morgan fingerprint density at radius 3 is 2.89 bits per heavy atom. The minimum atomic E-state index is -0.0482. The van der Waals surface area contributed by atoms with Gasteiger partial charge in [0.2, 0.25) is 0 Å². The zero-order valence-corrected chi connectivity index (χ0v) is 12.1. The first-order valence-electron chi connectivity index (χ1n) is 6.29. The van der Waals surface area contributed by atoms with Gasteiger partial charge in [0, 0.05) is 35.5 Å². The van der Waals surface area contributed by atoms with Gasteiger partial charge in [-0.25, -0.2) is 0 Å². The van der Waals surface area contributed by atoms with Crippen molar-refractivity contribution < 1.29 is 4.74 Å². The lowest BCUT2D eigenvalue weighted by Crippen LogP contribution is -2.14. The second kappa shape index (κ2) is 6.63. The molecule has 0 bridgehead atoms. The van der Waals surface area contributed by atoms with Gasteiger partial charge in [-0.3, -0.25) is 4.68 Å². The predicted molar refractivity (Wildman–Crippen MR) is 78.5 cm³/mol. The number of ether oxygens (including phenoxy) is 1. The largest absolute Gasteiger partial charge is 0.494 e. The van der Waals surface area contributed by atoms with Gasteiger partial charge in [-0.15, -0.1) is 11.8 Å². The molecule has 1 heterocycles. The number of thioether (sulfide) groups is 1. The fourth-order valence-electron chi connectivity index (χ4n) is 1.82. The topological polar surface area (TPSA) is 53.1 Å². The van der Waals surface area contributed by atoms with Gasteiger partial charge in [-0.1, -0.05) is 18.2 Å². The van der Waals surface area contributed by atoms with Crippen molar-refractivity contribution in [2.75, 3.05) is 12.4 Å². The van der Waals surface area contributed by atoms with Crippen LogP contribution in [0.4, 0.5) is 0 Å². The molecule has 0 aliphatic rings. The highest BCUT2D eigenvalue weighted by Gasteiger charge is 2.12. The van der Waals surface area contributed by atoms with Gasteiger partial charge in [0.05, 0.1) is 12.8 Å². The van der Waals surface area contributed by atoms with E-state index in [9.17, 15) is 0 Å². The van der Waals surface area contributed by atoms with E-state index in [1.165, 1.54) is 0 Å². The van der Waals surface area contributed by atoms with E-state index < -0.39 is 0 Å². The van der Waals surface area contributed by atoms with Crippen molar-refractivity contribution in [2.24, 2.45) is 12.8 Å². The minimum absolute atomic E-state index is 0.0482. The highest BCUT2D eigenvalue weighted by Crippen LogP contribution is 2.28. The van der Waals surface area contributed by atoms with Crippen molar-refractivity contribution >= 4 is 11.8 Å². The van der Waals surface area contributed by atoms with E-state index in [1.54, 1.807) is 16.4 Å². The Balaban J connectivity index is 2.01. The smallest absolute Gasteiger partial charge is 0.124 e. The van der Waals surface area contributed by atoms with Crippen molar-refractivity contribution in [3.05, 3.63) is 42.2 Å². The molecule has 0 aliphatic carbocycles. The van der Waals surface area contributed by atoms with Crippen molar-refractivity contribution in [1.29, 1.82) is 0 Å². The third-order valence-electron chi connectivity index (χ3n) is 2.73. The van der Waals surface area contributed by atoms with Gasteiger partial charge >= 0.3 is 0 Å². The monoisotopic (exact) mass is 277 g/mol. The van der Waals surface area contributed by atoms with Crippen molar-refractivity contribution in [3.8, 4) is 5.75 Å². The van der Waals surface area contributed by atoms with Crippen LogP contribution < -0.4 is 10.5 Å². The Labute approximate surface area is 117 Å². The van der Waals surface area contributed by atoms with Crippen LogP contribution in [-0.4, -0.2) is 22.1 Å². The lowest BCUT2D eigenvalue weighted by atomic mass is 10.1. The maximum atomic E-state index is 6.25. The lowest BCUT2D eigenvalue weighted by molar-refractivity contribution is 0.335. The summed E-state index contributed by atoms with van der Waals surface area (Å²) in [6.45, 7) is 2.63. The van der Waals surface area contributed by atoms with Gasteiger partial charge in [0.25, 0.3) is 0 Å². The molecule has 2 N–H and O–H groups in total. The van der Waals surface area contributed by atoms with Gasteiger partial charge < -0.3 is 10.5 Å². The molecule has 0 amide bonds. The summed E-state index contributed by atoms with van der Waals surface area (Å²) in [6, 6.07) is 7.91. The molecule has 1 unspecified atom stereocenters. The van der Waals surface area contributed by atoms with Crippen LogP contribution in [0.5, 0.6) is 5.75 Å². The Morgan fingerprint density at radius 1 is 1.42 bits per heavy atom. The Morgan fingerprint density at radius 2 is 2.21 bits per heavy atom. The molecule has 2 aromatic rings. The average Bonchev–Trinajstić information content (AvgIpc) is 2.83. The number of hydrogen-bond acceptors (Lipinski definition) is 4. The van der Waals surface area contributed by atoms with E-state index in [0.717, 1.165) is 22.0 Å². The Hall–Kier alpha value is -1.46. The van der Waals surface area contributed by atoms with Crippen LogP contribution in [0.25, 0.3) is 0 Å². The second-order valence-corrected chi connectivity index (χ2v) is 5.33. The first-order valence-corrected chi connectivity index (χ1v) is 7.28. The van der Waals surface area contributed by atoms with E-state index >= 15 is 0 Å². The number of nitrogens with two attached hydrogens (primary N) is 1. The quantitative estimate of drug-likeness (QED) is 0.825. The summed E-state index contributed by atoms with van der Waals surface area (Å²) >= 11 is 1.71. The van der Waals surface area contributed by atoms with Gasteiger partial charge in [0.1, 0.15) is 5.75 Å². The molecule has 0 saturated heterocycles. The molecule has 2 rings (SSSR count). The van der Waals surface area contributed by atoms with Crippen LogP contribution >= 0.6 is 11.8 Å². The zero-order chi connectivity index (χ0) is 13.7. The lowest BCUT2D eigenvalue weighted by Gasteiger charge is -2.15. The van der Waals surface area contributed by atoms with Crippen LogP contribution in [0.2, 0.25) is 0 Å². The van der Waals surface area contributed by atoms with Gasteiger partial charge in [-0.05, 0) is 13.0 Å². The van der Waals surface area contributed by atoms with Crippen molar-refractivity contribution in [1.82, 2.24) is 9.78 Å². The van der Waals surface area contributed by atoms with Crippen molar-refractivity contribution in [3.63, 3.8) is 0 Å². The highest BCUT2D eigenvalue weighted by molar-refractivity contribution is 7.99. The Bertz CT molecular complexity index is 527. The molecule has 0 spiro atoms. The molecule has 102 valence electrons. The number of benzene rings is 1. The summed E-state index contributed by atoms with van der Waals surface area (Å²) in [5, 5.41) is 4.14. The van der Waals surface area contributed by atoms with Crippen LogP contribution in [0.15, 0.2) is 41.6 Å². The Kier molecular flexibility index (Phi) is 4.87. The van der Waals surface area contributed by atoms with E-state index in [1.807, 2.05) is 50.6 Å². The normalized spacial score (nSPS) is 12.4. The standard InChI is InChI=1S/C14H19N3OS/c1-3-18-14-7-5-4-6-12(14)13(15)10-19-11-8-16-17(2)9-11/h4-9,13H,3,10,15H2,1-2H3. The number of nitrogens with zero attached hydrogens (tertiary/aromatic N) is 2. The molecule has 4 nitrogen and oxygen atoms in total. The molecule has 0 fully saturated rings. The number of aromatic nitrogens is 2. The van der Waals surface area contributed by atoms with E-state index in [2.05, 4.69) is 5.10 Å². The van der Waals surface area contributed by atoms with Crippen LogP contribution in [0.1, 0.15) is 18.5 Å². The van der Waals surface area contributed by atoms with E-state index in [0.29, 0.717) is 6.61 Å². The van der Waals surface area contributed by atoms with E-state index in [-0.39, 0.29) is 6.04 Å². The molecule has 0 aliphatic heterocycles. The molecule has 5 heteroatoms. The zero-order valence-electron chi connectivity index (χ0n) is 11.2. The predicted octanol–water partition coefficient (Wildman–Crippen LogP) is 2.61. The second-order valence-electron chi connectivity index (χ2n) is 4.24. The molecule has 1 atom stereocenters. The summed E-state index contributed by atoms with van der Waals surface area (Å²) in [7, 11) is 1.91. The third kappa shape index (κ3) is 3.75. The molecular weight excluding hydrogens is 258 g/mol. The average molecular weight is 277 g/mol. The third-order valence-corrected chi connectivity index (χ3v) is 3.80. The number of aryl methyl sites for hydroxylation is 1. The number of rotatable bonds is 6. The fourth-order valence-corrected chi connectivity index (χ4v) is 2.72. The molecule has 0 radical (unpaired) electrons. The molecule has 1 aromatic heterocycles. The molecule has 19 heavy (non-hydrogen) atoms. The summed E-state index contributed by atoms with van der Waals surface area (Å²) < 4.78 is 7.40. The van der Waals surface area contributed by atoms with E-state index in [4.69, 9.17) is 10.5 Å². The molecule has 0 saturated carbocycles. The maximum Gasteiger partial charge on any atom is 0.124 e. The van der Waals surface area contributed by atoms with Crippen molar-refractivity contribution in [2.45, 2.75) is 17.9 Å². The summed E-state index contributed by atoms with van der Waals surface area (Å²) in [6.07, 6.45) is 3.84. The van der Waals surface area contributed by atoms with Crippen LogP contribution in [-0.2, 0) is 7.05 Å². The number of hydrogen-bond donors (Lipinski definition) is 1. The summed E-state index contributed by atoms with van der Waals surface area (Å²) in [5.74, 6) is 1.68. The fraction of sp³-hybridized carbons (Fsp3) is 0.357. The number of para-hydroxylation sites is 1. The summed E-state index contributed by atoms with van der Waals surface area (Å²) in [4.78, 5) is 1.13. The molecular formula is C14H19N3OS. The van der Waals surface area contributed by atoms with Crippen LogP contribution in [0.3, 0.4) is 0 Å². The minimum Gasteiger partial charge on any atom is -0.494 e.